The van der Waals surface area contributed by atoms with E-state index in [1.165, 1.54) is 17.0 Å². The Bertz CT molecular complexity index is 793. The van der Waals surface area contributed by atoms with E-state index in [0.717, 1.165) is 44.5 Å². The van der Waals surface area contributed by atoms with Gasteiger partial charge in [-0.2, -0.15) is 0 Å². The van der Waals surface area contributed by atoms with Crippen LogP contribution in [0.4, 0.5) is 9.18 Å². The minimum absolute atomic E-state index is 0.0232. The highest BCUT2D eigenvalue weighted by Gasteiger charge is 2.43. The molecule has 0 unspecified atom stereocenters. The number of nitrogens with zero attached hydrogens (tertiary/aromatic N) is 2. The van der Waals surface area contributed by atoms with Gasteiger partial charge in [0, 0.05) is 37.8 Å². The third-order valence-electron chi connectivity index (χ3n) is 7.03. The fraction of sp³-hybridized carbons (Fsp3) is 0.680. The van der Waals surface area contributed by atoms with Gasteiger partial charge >= 0.3 is 6.09 Å². The highest BCUT2D eigenvalue weighted by Crippen LogP contribution is 2.39. The summed E-state index contributed by atoms with van der Waals surface area (Å²) in [6, 6.07) is 6.81. The molecule has 1 aliphatic heterocycles. The standard InChI is InChI=1S/C25H38FN3O3/c1-5-6-19(15-29(24(31)32)25(2,3)4)23(30)27-22-12-9-18-14-28(16-21(18)22)13-17-7-10-20(26)11-8-17/h7-8,10-11,18-19,21-22H,5-6,9,12-16H2,1-4H3,(H,27,30)(H,31,32)/t18-,19+,21+,22+/m1/s1. The Labute approximate surface area is 191 Å². The molecular formula is C25H38FN3O3. The summed E-state index contributed by atoms with van der Waals surface area (Å²) in [4.78, 5) is 28.7. The van der Waals surface area contributed by atoms with Gasteiger partial charge in [-0.15, -0.1) is 0 Å². The third kappa shape index (κ3) is 6.00. The number of amides is 2. The van der Waals surface area contributed by atoms with E-state index in [9.17, 15) is 19.1 Å². The van der Waals surface area contributed by atoms with Crippen molar-refractivity contribution in [1.82, 2.24) is 15.1 Å². The summed E-state index contributed by atoms with van der Waals surface area (Å²) in [6.45, 7) is 10.5. The lowest BCUT2D eigenvalue weighted by Gasteiger charge is -2.36. The third-order valence-corrected chi connectivity index (χ3v) is 7.03. The summed E-state index contributed by atoms with van der Waals surface area (Å²) in [5.41, 5.74) is 0.550. The van der Waals surface area contributed by atoms with Gasteiger partial charge in [0.15, 0.2) is 0 Å². The predicted molar refractivity (Wildman–Crippen MR) is 123 cm³/mol. The van der Waals surface area contributed by atoms with Gasteiger partial charge in [0.25, 0.3) is 0 Å². The smallest absolute Gasteiger partial charge is 0.407 e. The molecule has 1 aromatic rings. The number of benzene rings is 1. The van der Waals surface area contributed by atoms with E-state index in [2.05, 4.69) is 10.2 Å². The number of hydrogen-bond donors (Lipinski definition) is 2. The minimum Gasteiger partial charge on any atom is -0.465 e. The Kier molecular flexibility index (Phi) is 7.80. The second kappa shape index (κ2) is 10.2. The predicted octanol–water partition coefficient (Wildman–Crippen LogP) is 4.35. The van der Waals surface area contributed by atoms with E-state index >= 15 is 0 Å². The largest absolute Gasteiger partial charge is 0.465 e. The summed E-state index contributed by atoms with van der Waals surface area (Å²) in [5, 5.41) is 12.9. The minimum atomic E-state index is -0.987. The quantitative estimate of drug-likeness (QED) is 0.622. The molecule has 2 aliphatic rings. The van der Waals surface area contributed by atoms with Crippen LogP contribution >= 0.6 is 0 Å². The average Bonchev–Trinajstić information content (AvgIpc) is 3.26. The molecule has 7 heteroatoms. The van der Waals surface area contributed by atoms with Crippen molar-refractivity contribution in [2.24, 2.45) is 17.8 Å². The van der Waals surface area contributed by atoms with E-state index in [0.29, 0.717) is 18.3 Å². The van der Waals surface area contributed by atoms with Crippen LogP contribution in [0.3, 0.4) is 0 Å². The van der Waals surface area contributed by atoms with Gasteiger partial charge in [0.2, 0.25) is 5.91 Å². The normalized spacial score (nSPS) is 24.2. The topological polar surface area (TPSA) is 72.9 Å². The number of nitrogens with one attached hydrogen (secondary N) is 1. The number of carbonyl (C=O) groups is 2. The monoisotopic (exact) mass is 447 g/mol. The fourth-order valence-corrected chi connectivity index (χ4v) is 5.33. The van der Waals surface area contributed by atoms with Crippen LogP contribution in [0.1, 0.15) is 58.9 Å². The number of likely N-dealkylation sites (tertiary alicyclic amines) is 1. The van der Waals surface area contributed by atoms with Crippen LogP contribution in [-0.2, 0) is 11.3 Å². The van der Waals surface area contributed by atoms with Crippen molar-refractivity contribution < 1.29 is 19.1 Å². The lowest BCUT2D eigenvalue weighted by molar-refractivity contribution is -0.127. The SMILES string of the molecule is CCC[C@@H](CN(C(=O)O)C(C)(C)C)C(=O)N[C@H]1CC[C@@H]2CN(Cc3ccc(F)cc3)C[C@@H]21. The highest BCUT2D eigenvalue weighted by atomic mass is 19.1. The fourth-order valence-electron chi connectivity index (χ4n) is 5.33. The van der Waals surface area contributed by atoms with Crippen LogP contribution < -0.4 is 5.32 Å². The van der Waals surface area contributed by atoms with E-state index in [1.54, 1.807) is 0 Å². The van der Waals surface area contributed by atoms with Gasteiger partial charge < -0.3 is 15.3 Å². The molecule has 0 bridgehead atoms. The van der Waals surface area contributed by atoms with Crippen LogP contribution in [0.15, 0.2) is 24.3 Å². The van der Waals surface area contributed by atoms with Gasteiger partial charge in [-0.1, -0.05) is 25.5 Å². The Morgan fingerprint density at radius 3 is 2.50 bits per heavy atom. The first kappa shape index (κ1) is 24.5. The summed E-state index contributed by atoms with van der Waals surface area (Å²) < 4.78 is 13.2. The molecule has 0 aromatic heterocycles. The molecule has 32 heavy (non-hydrogen) atoms. The number of hydrogen-bond acceptors (Lipinski definition) is 3. The second-order valence-corrected chi connectivity index (χ2v) is 10.5. The van der Waals surface area contributed by atoms with Gasteiger partial charge in [-0.25, -0.2) is 9.18 Å². The zero-order valence-corrected chi connectivity index (χ0v) is 19.8. The van der Waals surface area contributed by atoms with Crippen molar-refractivity contribution in [1.29, 1.82) is 0 Å². The van der Waals surface area contributed by atoms with Crippen molar-refractivity contribution in [2.45, 2.75) is 71.5 Å². The van der Waals surface area contributed by atoms with Crippen molar-refractivity contribution in [3.63, 3.8) is 0 Å². The maximum atomic E-state index is 13.2. The zero-order chi connectivity index (χ0) is 23.5. The van der Waals surface area contributed by atoms with E-state index in [4.69, 9.17) is 0 Å². The number of rotatable bonds is 8. The molecule has 2 amide bonds. The molecule has 2 N–H and O–H groups in total. The van der Waals surface area contributed by atoms with Crippen LogP contribution in [0, 0.1) is 23.6 Å². The van der Waals surface area contributed by atoms with Crippen molar-refractivity contribution >= 4 is 12.0 Å². The van der Waals surface area contributed by atoms with Crippen LogP contribution in [0.2, 0.25) is 0 Å². The molecule has 0 spiro atoms. The first-order valence-corrected chi connectivity index (χ1v) is 11.9. The number of carboxylic acid groups (broad SMARTS) is 1. The average molecular weight is 448 g/mol. The Balaban J connectivity index is 1.59. The first-order chi connectivity index (χ1) is 15.1. The summed E-state index contributed by atoms with van der Waals surface area (Å²) in [6.07, 6.45) is 2.59. The van der Waals surface area contributed by atoms with Crippen molar-refractivity contribution in [3.8, 4) is 0 Å². The highest BCUT2D eigenvalue weighted by molar-refractivity contribution is 5.80. The van der Waals surface area contributed by atoms with E-state index < -0.39 is 11.6 Å². The Morgan fingerprint density at radius 1 is 1.22 bits per heavy atom. The van der Waals surface area contributed by atoms with E-state index in [1.807, 2.05) is 39.8 Å². The molecule has 4 atom stereocenters. The molecule has 2 fully saturated rings. The first-order valence-electron chi connectivity index (χ1n) is 11.9. The van der Waals surface area contributed by atoms with Crippen LogP contribution in [-0.4, -0.2) is 58.1 Å². The van der Waals surface area contributed by atoms with Crippen LogP contribution in [0.25, 0.3) is 0 Å². The number of halogens is 1. The maximum absolute atomic E-state index is 13.2. The van der Waals surface area contributed by atoms with Crippen LogP contribution in [0.5, 0.6) is 0 Å². The summed E-state index contributed by atoms with van der Waals surface area (Å²) in [5.74, 6) is 0.399. The van der Waals surface area contributed by atoms with E-state index in [-0.39, 0.29) is 30.2 Å². The molecule has 3 rings (SSSR count). The molecular weight excluding hydrogens is 409 g/mol. The zero-order valence-electron chi connectivity index (χ0n) is 19.8. The van der Waals surface area contributed by atoms with Gasteiger partial charge in [0.1, 0.15) is 5.82 Å². The van der Waals surface area contributed by atoms with Gasteiger partial charge in [-0.05, 0) is 69.6 Å². The molecule has 1 aromatic carbocycles. The lowest BCUT2D eigenvalue weighted by Crippen LogP contribution is -2.51. The molecule has 178 valence electrons. The summed E-state index contributed by atoms with van der Waals surface area (Å²) in [7, 11) is 0. The van der Waals surface area contributed by atoms with Gasteiger partial charge in [0.05, 0.1) is 5.92 Å². The Morgan fingerprint density at radius 2 is 1.91 bits per heavy atom. The van der Waals surface area contributed by atoms with Crippen molar-refractivity contribution in [2.75, 3.05) is 19.6 Å². The maximum Gasteiger partial charge on any atom is 0.407 e. The Hall–Kier alpha value is -2.15. The number of carbonyl (C=O) groups excluding carboxylic acids is 1. The molecule has 1 saturated heterocycles. The molecule has 6 nitrogen and oxygen atoms in total. The van der Waals surface area contributed by atoms with Gasteiger partial charge in [-0.3, -0.25) is 9.69 Å². The second-order valence-electron chi connectivity index (χ2n) is 10.5. The molecule has 1 aliphatic carbocycles. The number of fused-ring (bicyclic) bond motifs is 1. The van der Waals surface area contributed by atoms with Crippen molar-refractivity contribution in [3.05, 3.63) is 35.6 Å². The molecule has 0 radical (unpaired) electrons. The summed E-state index contributed by atoms with van der Waals surface area (Å²) >= 11 is 0. The lowest BCUT2D eigenvalue weighted by atomic mass is 9.95. The molecule has 1 heterocycles. The molecule has 1 saturated carbocycles.